The SMILES string of the molecule is CCN(CC)S(=O)(=O)CCNC(=NC)N(C)CCOc1ccc(F)cc1. The van der Waals surface area contributed by atoms with E-state index in [1.165, 1.54) is 16.4 Å². The highest BCUT2D eigenvalue weighted by Crippen LogP contribution is 2.10. The van der Waals surface area contributed by atoms with Crippen molar-refractivity contribution in [2.75, 3.05) is 52.6 Å². The maximum Gasteiger partial charge on any atom is 0.215 e. The molecule has 148 valence electrons. The summed E-state index contributed by atoms with van der Waals surface area (Å²) >= 11 is 0. The van der Waals surface area contributed by atoms with Gasteiger partial charge in [0.25, 0.3) is 0 Å². The zero-order valence-corrected chi connectivity index (χ0v) is 16.7. The lowest BCUT2D eigenvalue weighted by atomic mass is 10.3. The van der Waals surface area contributed by atoms with Gasteiger partial charge in [-0.15, -0.1) is 0 Å². The smallest absolute Gasteiger partial charge is 0.215 e. The Hall–Kier alpha value is -1.87. The molecule has 0 saturated carbocycles. The molecule has 0 aliphatic rings. The second-order valence-corrected chi connectivity index (χ2v) is 7.69. The lowest BCUT2D eigenvalue weighted by molar-refractivity contribution is 0.281. The standard InChI is InChI=1S/C17H29FN4O3S/c1-5-22(6-2)26(23,24)14-11-20-17(19-3)21(4)12-13-25-16-9-7-15(18)8-10-16/h7-10H,5-6,11-14H2,1-4H3,(H,19,20). The van der Waals surface area contributed by atoms with E-state index in [9.17, 15) is 12.8 Å². The number of hydrogen-bond donors (Lipinski definition) is 1. The van der Waals surface area contributed by atoms with Crippen LogP contribution in [0, 0.1) is 5.82 Å². The van der Waals surface area contributed by atoms with Crippen LogP contribution in [-0.2, 0) is 10.0 Å². The van der Waals surface area contributed by atoms with Crippen molar-refractivity contribution >= 4 is 16.0 Å². The fraction of sp³-hybridized carbons (Fsp3) is 0.588. The highest BCUT2D eigenvalue weighted by atomic mass is 32.2. The summed E-state index contributed by atoms with van der Waals surface area (Å²) in [6.45, 7) is 5.78. The van der Waals surface area contributed by atoms with Gasteiger partial charge in [0.05, 0.1) is 12.3 Å². The van der Waals surface area contributed by atoms with Crippen molar-refractivity contribution in [1.82, 2.24) is 14.5 Å². The molecule has 0 heterocycles. The first-order chi connectivity index (χ1) is 12.3. The molecule has 0 saturated heterocycles. The first kappa shape index (κ1) is 22.2. The second kappa shape index (κ2) is 11.0. The predicted octanol–water partition coefficient (Wildman–Crippen LogP) is 1.38. The Morgan fingerprint density at radius 1 is 1.23 bits per heavy atom. The van der Waals surface area contributed by atoms with E-state index in [1.807, 2.05) is 25.8 Å². The van der Waals surface area contributed by atoms with Crippen molar-refractivity contribution in [3.63, 3.8) is 0 Å². The number of benzene rings is 1. The van der Waals surface area contributed by atoms with Crippen molar-refractivity contribution in [3.05, 3.63) is 30.1 Å². The lowest BCUT2D eigenvalue weighted by Gasteiger charge is -2.23. The zero-order valence-electron chi connectivity index (χ0n) is 15.9. The number of aliphatic imine (C=N–C) groups is 1. The van der Waals surface area contributed by atoms with E-state index in [2.05, 4.69) is 10.3 Å². The van der Waals surface area contributed by atoms with Gasteiger partial charge < -0.3 is 15.0 Å². The number of ether oxygens (including phenoxy) is 1. The highest BCUT2D eigenvalue weighted by Gasteiger charge is 2.18. The van der Waals surface area contributed by atoms with Crippen LogP contribution < -0.4 is 10.1 Å². The molecule has 0 amide bonds. The van der Waals surface area contributed by atoms with E-state index in [-0.39, 0.29) is 18.1 Å². The van der Waals surface area contributed by atoms with Crippen LogP contribution in [0.25, 0.3) is 0 Å². The Balaban J connectivity index is 2.41. The molecule has 1 rings (SSSR count). The number of likely N-dealkylation sites (N-methyl/N-ethyl adjacent to an activating group) is 1. The minimum Gasteiger partial charge on any atom is -0.492 e. The summed E-state index contributed by atoms with van der Waals surface area (Å²) in [5.74, 6) is 0.877. The fourth-order valence-corrected chi connectivity index (χ4v) is 3.76. The Bertz CT molecular complexity index is 661. The van der Waals surface area contributed by atoms with Gasteiger partial charge in [-0.25, -0.2) is 17.1 Å². The van der Waals surface area contributed by atoms with Crippen LogP contribution >= 0.6 is 0 Å². The monoisotopic (exact) mass is 388 g/mol. The molecule has 9 heteroatoms. The van der Waals surface area contributed by atoms with E-state index >= 15 is 0 Å². The second-order valence-electron chi connectivity index (χ2n) is 5.60. The molecular weight excluding hydrogens is 359 g/mol. The predicted molar refractivity (Wildman–Crippen MR) is 103 cm³/mol. The molecule has 1 N–H and O–H groups in total. The van der Waals surface area contributed by atoms with Crippen molar-refractivity contribution < 1.29 is 17.5 Å². The molecule has 0 radical (unpaired) electrons. The Morgan fingerprint density at radius 3 is 2.38 bits per heavy atom. The molecule has 0 atom stereocenters. The molecule has 26 heavy (non-hydrogen) atoms. The van der Waals surface area contributed by atoms with Gasteiger partial charge in [0, 0.05) is 33.7 Å². The molecular formula is C17H29FN4O3S. The van der Waals surface area contributed by atoms with Gasteiger partial charge in [0.15, 0.2) is 5.96 Å². The minimum absolute atomic E-state index is 0.00756. The molecule has 0 aliphatic carbocycles. The number of nitrogens with zero attached hydrogens (tertiary/aromatic N) is 3. The van der Waals surface area contributed by atoms with Gasteiger partial charge in [0.1, 0.15) is 18.2 Å². The highest BCUT2D eigenvalue weighted by molar-refractivity contribution is 7.89. The molecule has 0 bridgehead atoms. The van der Waals surface area contributed by atoms with Crippen molar-refractivity contribution in [2.45, 2.75) is 13.8 Å². The van der Waals surface area contributed by atoms with Gasteiger partial charge in [-0.3, -0.25) is 4.99 Å². The minimum atomic E-state index is -3.27. The van der Waals surface area contributed by atoms with Gasteiger partial charge in [-0.2, -0.15) is 0 Å². The first-order valence-electron chi connectivity index (χ1n) is 8.62. The average molecular weight is 389 g/mol. The molecule has 0 unspecified atom stereocenters. The van der Waals surface area contributed by atoms with Gasteiger partial charge in [-0.1, -0.05) is 13.8 Å². The van der Waals surface area contributed by atoms with Crippen molar-refractivity contribution in [1.29, 1.82) is 0 Å². The van der Waals surface area contributed by atoms with Crippen molar-refractivity contribution in [2.24, 2.45) is 4.99 Å². The summed E-state index contributed by atoms with van der Waals surface area (Å²) in [4.78, 5) is 5.99. The number of nitrogens with one attached hydrogen (secondary N) is 1. The van der Waals surface area contributed by atoms with E-state index < -0.39 is 10.0 Å². The quantitative estimate of drug-likeness (QED) is 0.484. The Labute approximate surface area is 155 Å². The van der Waals surface area contributed by atoms with Crippen molar-refractivity contribution in [3.8, 4) is 5.75 Å². The summed E-state index contributed by atoms with van der Waals surface area (Å²) in [5, 5.41) is 3.05. The molecule has 0 spiro atoms. The number of sulfonamides is 1. The number of guanidine groups is 1. The Kier molecular flexibility index (Phi) is 9.36. The summed E-state index contributed by atoms with van der Waals surface area (Å²) in [7, 11) is 0.206. The van der Waals surface area contributed by atoms with E-state index in [1.54, 1.807) is 19.2 Å². The molecule has 0 aliphatic heterocycles. The lowest BCUT2D eigenvalue weighted by Crippen LogP contribution is -2.44. The van der Waals surface area contributed by atoms with Gasteiger partial charge >= 0.3 is 0 Å². The molecule has 0 aromatic heterocycles. The topological polar surface area (TPSA) is 74.2 Å². The van der Waals surface area contributed by atoms with E-state index in [0.29, 0.717) is 38.0 Å². The van der Waals surface area contributed by atoms with Gasteiger partial charge in [-0.05, 0) is 24.3 Å². The van der Waals surface area contributed by atoms with Gasteiger partial charge in [0.2, 0.25) is 10.0 Å². The summed E-state index contributed by atoms with van der Waals surface area (Å²) in [6.07, 6.45) is 0. The summed E-state index contributed by atoms with van der Waals surface area (Å²) in [5.41, 5.74) is 0. The molecule has 0 fully saturated rings. The average Bonchev–Trinajstić information content (AvgIpc) is 2.61. The number of rotatable bonds is 10. The number of hydrogen-bond acceptors (Lipinski definition) is 4. The normalized spacial score (nSPS) is 12.3. The zero-order chi connectivity index (χ0) is 19.6. The van der Waals surface area contributed by atoms with Crippen LogP contribution in [0.5, 0.6) is 5.75 Å². The Morgan fingerprint density at radius 2 is 1.85 bits per heavy atom. The van der Waals surface area contributed by atoms with Crippen LogP contribution in [0.4, 0.5) is 4.39 Å². The maximum absolute atomic E-state index is 12.9. The third-order valence-corrected chi connectivity index (χ3v) is 5.85. The third kappa shape index (κ3) is 7.17. The van der Waals surface area contributed by atoms with Crippen LogP contribution in [0.1, 0.15) is 13.8 Å². The molecule has 1 aromatic rings. The molecule has 7 nitrogen and oxygen atoms in total. The van der Waals surface area contributed by atoms with E-state index in [4.69, 9.17) is 4.74 Å². The largest absolute Gasteiger partial charge is 0.492 e. The summed E-state index contributed by atoms with van der Waals surface area (Å²) < 4.78 is 44.2. The third-order valence-electron chi connectivity index (χ3n) is 3.82. The summed E-state index contributed by atoms with van der Waals surface area (Å²) in [6, 6.07) is 5.83. The van der Waals surface area contributed by atoms with Crippen LogP contribution in [0.2, 0.25) is 0 Å². The number of halogens is 1. The molecule has 1 aromatic carbocycles. The van der Waals surface area contributed by atoms with E-state index in [0.717, 1.165) is 0 Å². The fourth-order valence-electron chi connectivity index (χ4n) is 2.36. The van der Waals surface area contributed by atoms with Crippen LogP contribution in [0.15, 0.2) is 29.3 Å². The maximum atomic E-state index is 12.9. The van der Waals surface area contributed by atoms with Crippen LogP contribution in [0.3, 0.4) is 0 Å². The first-order valence-corrected chi connectivity index (χ1v) is 10.2. The van der Waals surface area contributed by atoms with Crippen LogP contribution in [-0.4, -0.2) is 76.2 Å².